The van der Waals surface area contributed by atoms with Crippen LogP contribution < -0.4 is 4.90 Å². The van der Waals surface area contributed by atoms with Gasteiger partial charge in [0, 0.05) is 33.5 Å². The fraction of sp³-hybridized carbons (Fsp3) is 0.0164. The maximum atomic E-state index is 8.72. The minimum Gasteiger partial charge on any atom is -0.310 e. The smallest absolute Gasteiger partial charge is 0.0714 e. The molecular weight excluding hydrogens is 761 g/mol. The van der Waals surface area contributed by atoms with E-state index in [0.29, 0.717) is 5.56 Å². The minimum absolute atomic E-state index is 0.174. The van der Waals surface area contributed by atoms with Gasteiger partial charge in [-0.05, 0) is 116 Å². The third-order valence-electron chi connectivity index (χ3n) is 12.8. The van der Waals surface area contributed by atoms with Crippen LogP contribution >= 0.6 is 0 Å². The molecule has 10 aromatic carbocycles. The lowest BCUT2D eigenvalue weighted by Gasteiger charge is -2.35. The molecule has 1 aliphatic carbocycles. The zero-order valence-corrected chi connectivity index (χ0v) is 34.3. The second-order valence-corrected chi connectivity index (χ2v) is 16.1. The van der Waals surface area contributed by atoms with Gasteiger partial charge in [0.15, 0.2) is 0 Å². The van der Waals surface area contributed by atoms with Gasteiger partial charge in [-0.15, -0.1) is 0 Å². The van der Waals surface area contributed by atoms with Crippen molar-refractivity contribution in [3.8, 4) is 39.1 Å². The molecule has 63 heavy (non-hydrogen) atoms. The summed E-state index contributed by atoms with van der Waals surface area (Å²) in [6.07, 6.45) is 0. The SMILES string of the molecule is [2H]c1c([2H])c([2H])c(-c2ccc(N(c3ccc(-c4cccc(-n5c6ccccc6c6ccccc65)c4)cc3)c3ccc4c(c3)C(c3ccccc3)(c3ccccc3)c3ccccc3-4)cc2)c([2H])c1[2H]. The summed E-state index contributed by atoms with van der Waals surface area (Å²) in [5, 5.41) is 2.44. The topological polar surface area (TPSA) is 8.17 Å². The summed E-state index contributed by atoms with van der Waals surface area (Å²) in [5.41, 5.74) is 15.6. The average Bonchev–Trinajstić information content (AvgIpc) is 3.89. The summed E-state index contributed by atoms with van der Waals surface area (Å²) in [6, 6.07) is 77.7. The third-order valence-corrected chi connectivity index (χ3v) is 12.8. The van der Waals surface area contributed by atoms with Gasteiger partial charge in [0.1, 0.15) is 0 Å². The number of hydrogen-bond acceptors (Lipinski definition) is 1. The first-order valence-electron chi connectivity index (χ1n) is 23.8. The minimum atomic E-state index is -0.605. The lowest BCUT2D eigenvalue weighted by molar-refractivity contribution is 0.768. The van der Waals surface area contributed by atoms with E-state index in [9.17, 15) is 0 Å². The van der Waals surface area contributed by atoms with E-state index in [4.69, 9.17) is 6.85 Å². The van der Waals surface area contributed by atoms with Gasteiger partial charge in [-0.1, -0.05) is 194 Å². The predicted octanol–water partition coefficient (Wildman–Crippen LogP) is 16.0. The maximum absolute atomic E-state index is 8.72. The van der Waals surface area contributed by atoms with Crippen molar-refractivity contribution in [3.63, 3.8) is 0 Å². The van der Waals surface area contributed by atoms with Gasteiger partial charge in [-0.2, -0.15) is 0 Å². The van der Waals surface area contributed by atoms with E-state index in [-0.39, 0.29) is 29.7 Å². The Bertz CT molecular complexity index is 3610. The summed E-state index contributed by atoms with van der Waals surface area (Å²) >= 11 is 0. The van der Waals surface area contributed by atoms with E-state index in [1.807, 2.05) is 24.3 Å². The highest BCUT2D eigenvalue weighted by atomic mass is 15.1. The predicted molar refractivity (Wildman–Crippen MR) is 264 cm³/mol. The van der Waals surface area contributed by atoms with Crippen molar-refractivity contribution in [2.75, 3.05) is 4.90 Å². The molecule has 0 radical (unpaired) electrons. The van der Waals surface area contributed by atoms with Crippen molar-refractivity contribution < 1.29 is 6.85 Å². The Hall–Kier alpha value is -8.20. The summed E-state index contributed by atoms with van der Waals surface area (Å²) in [5.74, 6) is 0. The number of hydrogen-bond donors (Lipinski definition) is 0. The Labute approximate surface area is 375 Å². The number of rotatable bonds is 8. The van der Waals surface area contributed by atoms with Crippen LogP contribution in [-0.2, 0) is 5.41 Å². The largest absolute Gasteiger partial charge is 0.310 e. The molecular formula is C61H42N2. The number of fused-ring (bicyclic) bond motifs is 6. The number of nitrogens with zero attached hydrogens (tertiary/aromatic N) is 2. The monoisotopic (exact) mass is 807 g/mol. The van der Waals surface area contributed by atoms with Gasteiger partial charge in [0.25, 0.3) is 0 Å². The summed E-state index contributed by atoms with van der Waals surface area (Å²) < 4.78 is 44.7. The van der Waals surface area contributed by atoms with E-state index in [1.165, 1.54) is 44.2 Å². The molecule has 0 aliphatic heterocycles. The van der Waals surface area contributed by atoms with Crippen LogP contribution in [0.2, 0.25) is 0 Å². The number of anilines is 3. The molecule has 0 amide bonds. The lowest BCUT2D eigenvalue weighted by atomic mass is 9.67. The fourth-order valence-corrected chi connectivity index (χ4v) is 10.0. The molecule has 2 heteroatoms. The van der Waals surface area contributed by atoms with Crippen LogP contribution in [0.5, 0.6) is 0 Å². The Morgan fingerprint density at radius 3 is 1.52 bits per heavy atom. The second kappa shape index (κ2) is 15.1. The molecule has 1 heterocycles. The van der Waals surface area contributed by atoms with E-state index < -0.39 is 11.5 Å². The Kier molecular flexibility index (Phi) is 7.56. The Morgan fingerprint density at radius 2 is 0.889 bits per heavy atom. The highest BCUT2D eigenvalue weighted by Crippen LogP contribution is 2.57. The first-order chi connectivity index (χ1) is 33.3. The van der Waals surface area contributed by atoms with Gasteiger partial charge in [0.2, 0.25) is 0 Å². The van der Waals surface area contributed by atoms with Gasteiger partial charge < -0.3 is 9.47 Å². The highest BCUT2D eigenvalue weighted by molar-refractivity contribution is 6.09. The summed E-state index contributed by atoms with van der Waals surface area (Å²) in [6.45, 7) is 0. The second-order valence-electron chi connectivity index (χ2n) is 16.1. The molecule has 0 spiro atoms. The molecule has 0 fully saturated rings. The molecule has 0 saturated carbocycles. The summed E-state index contributed by atoms with van der Waals surface area (Å²) in [7, 11) is 0. The van der Waals surface area contributed by atoms with Crippen LogP contribution in [0.1, 0.15) is 29.1 Å². The zero-order chi connectivity index (χ0) is 46.1. The van der Waals surface area contributed by atoms with Crippen LogP contribution in [0.3, 0.4) is 0 Å². The van der Waals surface area contributed by atoms with Crippen molar-refractivity contribution in [1.82, 2.24) is 4.57 Å². The van der Waals surface area contributed by atoms with Gasteiger partial charge >= 0.3 is 0 Å². The molecule has 1 aliphatic rings. The Balaban J connectivity index is 1.02. The van der Waals surface area contributed by atoms with Crippen LogP contribution in [-0.4, -0.2) is 4.57 Å². The van der Waals surface area contributed by atoms with Crippen molar-refractivity contribution in [3.05, 3.63) is 277 Å². The molecule has 0 unspecified atom stereocenters. The van der Waals surface area contributed by atoms with Gasteiger partial charge in [0.05, 0.1) is 23.3 Å². The van der Waals surface area contributed by atoms with Crippen LogP contribution in [0.15, 0.2) is 255 Å². The molecule has 0 saturated heterocycles. The van der Waals surface area contributed by atoms with Gasteiger partial charge in [-0.25, -0.2) is 0 Å². The van der Waals surface area contributed by atoms with Crippen LogP contribution in [0.4, 0.5) is 17.1 Å². The molecule has 12 rings (SSSR count). The number of benzene rings is 10. The molecule has 1 aromatic heterocycles. The molecule has 0 bridgehead atoms. The maximum Gasteiger partial charge on any atom is 0.0714 e. The van der Waals surface area contributed by atoms with Crippen molar-refractivity contribution in [2.45, 2.75) is 5.41 Å². The standard InChI is InChI=1S/C61H42N2/c1-4-17-43(18-5-1)44-31-35-49(36-32-44)62(50-37-33-45(34-38-50)46-19-16-24-51(41-46)63-59-29-14-11-26-55(59)56-27-12-15-30-60(56)63)52-39-40-54-53-25-10-13-28-57(53)61(58(54)42-52,47-20-6-2-7-21-47)48-22-8-3-9-23-48/h1-42H/i1D,4D,5D,17D,18D. The molecule has 2 nitrogen and oxygen atoms in total. The Morgan fingerprint density at radius 1 is 0.365 bits per heavy atom. The highest BCUT2D eigenvalue weighted by Gasteiger charge is 2.46. The number of aromatic nitrogens is 1. The van der Waals surface area contributed by atoms with E-state index >= 15 is 0 Å². The molecule has 0 N–H and O–H groups in total. The average molecular weight is 808 g/mol. The normalized spacial score (nSPS) is 13.7. The van der Waals surface area contributed by atoms with E-state index in [1.54, 1.807) is 0 Å². The van der Waals surface area contributed by atoms with E-state index in [0.717, 1.165) is 44.9 Å². The lowest BCUT2D eigenvalue weighted by Crippen LogP contribution is -2.28. The quantitative estimate of drug-likeness (QED) is 0.148. The molecule has 296 valence electrons. The van der Waals surface area contributed by atoms with Crippen molar-refractivity contribution in [2.24, 2.45) is 0 Å². The first kappa shape index (κ1) is 31.6. The fourth-order valence-electron chi connectivity index (χ4n) is 10.0. The first-order valence-corrected chi connectivity index (χ1v) is 21.3. The van der Waals surface area contributed by atoms with Crippen LogP contribution in [0, 0.1) is 0 Å². The molecule has 0 atom stereocenters. The zero-order valence-electron chi connectivity index (χ0n) is 39.3. The molecule has 11 aromatic rings. The third kappa shape index (κ3) is 5.95. The van der Waals surface area contributed by atoms with Gasteiger partial charge in [-0.3, -0.25) is 0 Å². The summed E-state index contributed by atoms with van der Waals surface area (Å²) in [4.78, 5) is 2.24. The van der Waals surface area contributed by atoms with E-state index in [2.05, 4.69) is 210 Å². The van der Waals surface area contributed by atoms with Crippen molar-refractivity contribution in [1.29, 1.82) is 0 Å². The van der Waals surface area contributed by atoms with Crippen molar-refractivity contribution >= 4 is 38.9 Å². The van der Waals surface area contributed by atoms with Crippen LogP contribution in [0.25, 0.3) is 60.9 Å². The number of para-hydroxylation sites is 2.